The molecule has 0 saturated heterocycles. The third-order valence-corrected chi connectivity index (χ3v) is 6.75. The van der Waals surface area contributed by atoms with Crippen molar-refractivity contribution in [3.05, 3.63) is 24.1 Å². The fraction of sp³-hybridized carbons (Fsp3) is 0.652. The first kappa shape index (κ1) is 21.0. The monoisotopic (exact) mass is 414 g/mol. The van der Waals surface area contributed by atoms with Crippen molar-refractivity contribution >= 4 is 22.9 Å². The van der Waals surface area contributed by atoms with Crippen molar-refractivity contribution in [3.63, 3.8) is 0 Å². The summed E-state index contributed by atoms with van der Waals surface area (Å²) in [6.07, 6.45) is 9.76. The maximum absolute atomic E-state index is 13.6. The topological polar surface area (TPSA) is 70.7 Å². The van der Waals surface area contributed by atoms with Crippen LogP contribution in [0.15, 0.2) is 22.8 Å². The molecule has 1 atom stereocenters. The number of rotatable bonds is 5. The van der Waals surface area contributed by atoms with Crippen LogP contribution in [-0.4, -0.2) is 64.9 Å². The van der Waals surface area contributed by atoms with Gasteiger partial charge in [-0.15, -0.1) is 0 Å². The molecular formula is C23H34N4O3. The van der Waals surface area contributed by atoms with Crippen LogP contribution in [0, 0.1) is 0 Å². The van der Waals surface area contributed by atoms with Crippen molar-refractivity contribution in [3.8, 4) is 0 Å². The van der Waals surface area contributed by atoms with Crippen LogP contribution in [0.4, 0.5) is 0 Å². The minimum atomic E-state index is -0.939. The van der Waals surface area contributed by atoms with Gasteiger partial charge in [-0.05, 0) is 33.9 Å². The number of nitrogens with one attached hydrogen (secondary N) is 1. The summed E-state index contributed by atoms with van der Waals surface area (Å²) in [6.45, 7) is 3.55. The molecule has 0 aromatic carbocycles. The zero-order valence-electron chi connectivity index (χ0n) is 18.4. The van der Waals surface area contributed by atoms with Crippen LogP contribution in [0.2, 0.25) is 0 Å². The highest BCUT2D eigenvalue weighted by atomic mass is 16.3. The molecule has 0 bridgehead atoms. The number of amides is 2. The molecule has 3 heterocycles. The van der Waals surface area contributed by atoms with Crippen LogP contribution in [0.1, 0.15) is 62.4 Å². The highest BCUT2D eigenvalue weighted by Crippen LogP contribution is 2.33. The van der Waals surface area contributed by atoms with E-state index >= 15 is 0 Å². The lowest BCUT2D eigenvalue weighted by Gasteiger charge is -2.45. The Morgan fingerprint density at radius 1 is 1.23 bits per heavy atom. The molecule has 2 aromatic rings. The molecule has 1 fully saturated rings. The molecule has 4 rings (SSSR count). The Balaban J connectivity index is 1.63. The Morgan fingerprint density at radius 3 is 2.63 bits per heavy atom. The number of carbonyl (C=O) groups is 2. The second-order valence-electron chi connectivity index (χ2n) is 9.34. The molecule has 0 unspecified atom stereocenters. The third-order valence-electron chi connectivity index (χ3n) is 6.75. The van der Waals surface area contributed by atoms with Gasteiger partial charge in [-0.25, -0.2) is 0 Å². The van der Waals surface area contributed by atoms with E-state index in [0.29, 0.717) is 30.9 Å². The van der Waals surface area contributed by atoms with Crippen LogP contribution in [0.3, 0.4) is 0 Å². The van der Waals surface area contributed by atoms with Gasteiger partial charge in [0, 0.05) is 31.3 Å². The first-order valence-corrected chi connectivity index (χ1v) is 11.2. The van der Waals surface area contributed by atoms with E-state index in [9.17, 15) is 9.59 Å². The van der Waals surface area contributed by atoms with Gasteiger partial charge in [0.2, 0.25) is 5.91 Å². The fourth-order valence-corrected chi connectivity index (χ4v) is 4.86. The second-order valence-corrected chi connectivity index (χ2v) is 9.34. The fourth-order valence-electron chi connectivity index (χ4n) is 4.86. The standard InChI is InChI=1S/C23H34N4O3/c1-23(22(29)24-17-9-7-5-4-6-8-10-17)16-26-18-11-14-30-20(18)15-19(26)21(28)27(23)13-12-25(2)3/h11,14-15,17H,4-10,12-13,16H2,1-3H3,(H,24,29)/t23-/m1/s1. The highest BCUT2D eigenvalue weighted by Gasteiger charge is 2.48. The molecule has 7 nitrogen and oxygen atoms in total. The first-order valence-electron chi connectivity index (χ1n) is 11.2. The number of carbonyl (C=O) groups excluding carboxylic acids is 2. The number of fused-ring (bicyclic) bond motifs is 3. The number of hydrogen-bond donors (Lipinski definition) is 1. The van der Waals surface area contributed by atoms with Crippen LogP contribution < -0.4 is 5.32 Å². The van der Waals surface area contributed by atoms with Gasteiger partial charge < -0.3 is 24.1 Å². The van der Waals surface area contributed by atoms with Crippen molar-refractivity contribution in [1.82, 2.24) is 19.7 Å². The molecule has 2 amide bonds. The highest BCUT2D eigenvalue weighted by molar-refractivity contribution is 6.02. The third kappa shape index (κ3) is 3.87. The Bertz CT molecular complexity index is 907. The number of aromatic nitrogens is 1. The van der Waals surface area contributed by atoms with E-state index in [-0.39, 0.29) is 17.9 Å². The molecule has 1 N–H and O–H groups in total. The van der Waals surface area contributed by atoms with Crippen molar-refractivity contribution in [2.24, 2.45) is 0 Å². The van der Waals surface area contributed by atoms with Gasteiger partial charge in [0.05, 0.1) is 18.3 Å². The summed E-state index contributed by atoms with van der Waals surface area (Å²) in [7, 11) is 3.96. The summed E-state index contributed by atoms with van der Waals surface area (Å²) in [5.41, 5.74) is 1.22. The smallest absolute Gasteiger partial charge is 0.271 e. The molecule has 30 heavy (non-hydrogen) atoms. The minimum absolute atomic E-state index is 0.0452. The zero-order valence-corrected chi connectivity index (χ0v) is 18.4. The van der Waals surface area contributed by atoms with E-state index in [1.54, 1.807) is 17.2 Å². The zero-order chi connectivity index (χ0) is 21.3. The molecule has 2 aromatic heterocycles. The van der Waals surface area contributed by atoms with Crippen molar-refractivity contribution in [1.29, 1.82) is 0 Å². The summed E-state index contributed by atoms with van der Waals surface area (Å²) in [5, 5.41) is 3.32. The molecular weight excluding hydrogens is 380 g/mol. The van der Waals surface area contributed by atoms with Gasteiger partial charge >= 0.3 is 0 Å². The van der Waals surface area contributed by atoms with Gasteiger partial charge in [-0.3, -0.25) is 9.59 Å². The SMILES string of the molecule is CN(C)CCN1C(=O)c2cc3occc3n2C[C@]1(C)C(=O)NC1CCCCCCC1. The van der Waals surface area contributed by atoms with Crippen molar-refractivity contribution in [2.45, 2.75) is 70.0 Å². The quantitative estimate of drug-likeness (QED) is 0.815. The normalized spacial score (nSPS) is 23.5. The molecule has 2 aliphatic rings. The van der Waals surface area contributed by atoms with Gasteiger partial charge in [0.15, 0.2) is 5.58 Å². The Morgan fingerprint density at radius 2 is 1.93 bits per heavy atom. The summed E-state index contributed by atoms with van der Waals surface area (Å²) >= 11 is 0. The Labute approximate surface area is 178 Å². The van der Waals surface area contributed by atoms with E-state index in [4.69, 9.17) is 4.42 Å². The van der Waals surface area contributed by atoms with Crippen LogP contribution in [0.25, 0.3) is 11.1 Å². The molecule has 0 radical (unpaired) electrons. The summed E-state index contributed by atoms with van der Waals surface area (Å²) in [4.78, 5) is 30.9. The molecule has 164 valence electrons. The Hall–Kier alpha value is -2.28. The second kappa shape index (κ2) is 8.46. The number of nitrogens with zero attached hydrogens (tertiary/aromatic N) is 3. The van der Waals surface area contributed by atoms with Gasteiger partial charge in [-0.1, -0.05) is 32.1 Å². The van der Waals surface area contributed by atoms with Crippen molar-refractivity contribution in [2.75, 3.05) is 27.2 Å². The van der Waals surface area contributed by atoms with Crippen LogP contribution in [0.5, 0.6) is 0 Å². The average molecular weight is 415 g/mol. The molecule has 7 heteroatoms. The summed E-state index contributed by atoms with van der Waals surface area (Å²) < 4.78 is 7.48. The predicted molar refractivity (Wildman–Crippen MR) is 116 cm³/mol. The first-order chi connectivity index (χ1) is 14.4. The predicted octanol–water partition coefficient (Wildman–Crippen LogP) is 3.24. The van der Waals surface area contributed by atoms with Gasteiger partial charge in [0.1, 0.15) is 11.2 Å². The lowest BCUT2D eigenvalue weighted by atomic mass is 9.92. The van der Waals surface area contributed by atoms with E-state index in [1.165, 1.54) is 19.3 Å². The summed E-state index contributed by atoms with van der Waals surface area (Å²) in [6, 6.07) is 3.86. The molecule has 1 saturated carbocycles. The van der Waals surface area contributed by atoms with Crippen molar-refractivity contribution < 1.29 is 14.0 Å². The number of furan rings is 1. The lowest BCUT2D eigenvalue weighted by Crippen LogP contribution is -2.65. The lowest BCUT2D eigenvalue weighted by molar-refractivity contribution is -0.133. The van der Waals surface area contributed by atoms with E-state index in [2.05, 4.69) is 5.32 Å². The maximum atomic E-state index is 13.6. The maximum Gasteiger partial charge on any atom is 0.271 e. The van der Waals surface area contributed by atoms with Crippen LogP contribution in [-0.2, 0) is 11.3 Å². The average Bonchev–Trinajstić information content (AvgIpc) is 3.25. The van der Waals surface area contributed by atoms with E-state index in [0.717, 1.165) is 31.2 Å². The minimum Gasteiger partial charge on any atom is -0.463 e. The van der Waals surface area contributed by atoms with Crippen LogP contribution >= 0.6 is 0 Å². The number of likely N-dealkylation sites (N-methyl/N-ethyl adjacent to an activating group) is 1. The largest absolute Gasteiger partial charge is 0.463 e. The van der Waals surface area contributed by atoms with E-state index in [1.807, 2.05) is 36.6 Å². The summed E-state index contributed by atoms with van der Waals surface area (Å²) in [5.74, 6) is -0.152. The van der Waals surface area contributed by atoms with Gasteiger partial charge in [-0.2, -0.15) is 0 Å². The van der Waals surface area contributed by atoms with E-state index < -0.39 is 5.54 Å². The Kier molecular flexibility index (Phi) is 5.91. The number of hydrogen-bond acceptors (Lipinski definition) is 4. The van der Waals surface area contributed by atoms with Gasteiger partial charge in [0.25, 0.3) is 5.91 Å². The molecule has 0 spiro atoms. The molecule has 1 aliphatic heterocycles. The molecule has 1 aliphatic carbocycles.